The number of hydrogen-bond acceptors (Lipinski definition) is 5. The molecule has 0 bridgehead atoms. The molecular weight excluding hydrogens is 427 g/mol. The largest absolute Gasteiger partial charge is 0.376 e. The summed E-state index contributed by atoms with van der Waals surface area (Å²) in [6.45, 7) is 5.71. The molecule has 0 aliphatic carbocycles. The Morgan fingerprint density at radius 2 is 2.12 bits per heavy atom. The van der Waals surface area contributed by atoms with E-state index in [-0.39, 0.29) is 23.6 Å². The van der Waals surface area contributed by atoms with Crippen LogP contribution in [0, 0.1) is 19.7 Å². The van der Waals surface area contributed by atoms with Crippen LogP contribution in [0.4, 0.5) is 4.39 Å². The second-order valence-corrected chi connectivity index (χ2v) is 9.02. The molecule has 0 saturated carbocycles. The summed E-state index contributed by atoms with van der Waals surface area (Å²) >= 11 is 1.35. The van der Waals surface area contributed by atoms with Gasteiger partial charge in [0, 0.05) is 25.4 Å². The number of aryl methyl sites for hydroxylation is 2. The van der Waals surface area contributed by atoms with Gasteiger partial charge in [0.05, 0.1) is 11.9 Å². The van der Waals surface area contributed by atoms with Crippen LogP contribution in [0.3, 0.4) is 0 Å². The molecule has 1 amide bonds. The summed E-state index contributed by atoms with van der Waals surface area (Å²) in [7, 11) is 0. The average molecular weight is 455 g/mol. The number of amides is 1. The maximum Gasteiger partial charge on any atom is 0.233 e. The van der Waals surface area contributed by atoms with Crippen LogP contribution in [0.1, 0.15) is 29.5 Å². The zero-order chi connectivity index (χ0) is 22.5. The maximum atomic E-state index is 13.7. The zero-order valence-corrected chi connectivity index (χ0v) is 19.1. The first-order valence-electron chi connectivity index (χ1n) is 10.7. The molecule has 0 spiro atoms. The molecule has 1 saturated heterocycles. The number of carbonyl (C=O) groups is 1. The summed E-state index contributed by atoms with van der Waals surface area (Å²) in [5, 5.41) is 8.90. The molecule has 0 radical (unpaired) electrons. The van der Waals surface area contributed by atoms with Crippen molar-refractivity contribution < 1.29 is 13.9 Å². The highest BCUT2D eigenvalue weighted by Crippen LogP contribution is 2.23. The van der Waals surface area contributed by atoms with Crippen LogP contribution in [-0.4, -0.2) is 50.6 Å². The Morgan fingerprint density at radius 3 is 2.88 bits per heavy atom. The van der Waals surface area contributed by atoms with Crippen molar-refractivity contribution in [1.29, 1.82) is 0 Å². The lowest BCUT2D eigenvalue weighted by molar-refractivity contribution is -0.130. The van der Waals surface area contributed by atoms with E-state index in [4.69, 9.17) is 4.74 Å². The highest BCUT2D eigenvalue weighted by molar-refractivity contribution is 7.99. The Labute approximate surface area is 191 Å². The maximum absolute atomic E-state index is 13.7. The van der Waals surface area contributed by atoms with Crippen LogP contribution < -0.4 is 0 Å². The van der Waals surface area contributed by atoms with Crippen LogP contribution in [0.15, 0.2) is 53.9 Å². The van der Waals surface area contributed by atoms with Gasteiger partial charge in [-0.1, -0.05) is 30.0 Å². The first kappa shape index (κ1) is 22.5. The predicted octanol–water partition coefficient (Wildman–Crippen LogP) is 4.32. The molecule has 3 aromatic rings. The number of halogens is 1. The average Bonchev–Trinajstić information content (AvgIpc) is 3.45. The first-order chi connectivity index (χ1) is 15.5. The van der Waals surface area contributed by atoms with Gasteiger partial charge in [-0.25, -0.2) is 4.39 Å². The Bertz CT molecular complexity index is 1080. The monoisotopic (exact) mass is 454 g/mol. The second kappa shape index (κ2) is 10.3. The first-order valence-corrected chi connectivity index (χ1v) is 11.7. The van der Waals surface area contributed by atoms with Gasteiger partial charge in [0.1, 0.15) is 12.1 Å². The fraction of sp³-hybridized carbons (Fsp3) is 0.375. The molecule has 2 heterocycles. The minimum Gasteiger partial charge on any atom is -0.376 e. The summed E-state index contributed by atoms with van der Waals surface area (Å²) in [4.78, 5) is 14.9. The fourth-order valence-corrected chi connectivity index (χ4v) is 4.57. The van der Waals surface area contributed by atoms with Gasteiger partial charge in [-0.2, -0.15) is 0 Å². The second-order valence-electron chi connectivity index (χ2n) is 8.08. The van der Waals surface area contributed by atoms with E-state index < -0.39 is 0 Å². The van der Waals surface area contributed by atoms with Gasteiger partial charge in [0.15, 0.2) is 5.16 Å². The predicted molar refractivity (Wildman–Crippen MR) is 122 cm³/mol. The summed E-state index contributed by atoms with van der Waals surface area (Å²) in [5.41, 5.74) is 4.12. The number of benzene rings is 2. The lowest BCUT2D eigenvalue weighted by atomic mass is 10.1. The van der Waals surface area contributed by atoms with Gasteiger partial charge in [-0.15, -0.1) is 10.2 Å². The van der Waals surface area contributed by atoms with Crippen LogP contribution in [-0.2, 0) is 16.1 Å². The van der Waals surface area contributed by atoms with E-state index in [0.717, 1.165) is 30.7 Å². The molecule has 1 fully saturated rings. The molecule has 32 heavy (non-hydrogen) atoms. The SMILES string of the molecule is Cc1ccc(-n2cnnc2SCC(=O)N(Cc2cccc(F)c2)CC2CCCO2)cc1C. The van der Waals surface area contributed by atoms with Gasteiger partial charge in [0.2, 0.25) is 5.91 Å². The van der Waals surface area contributed by atoms with Gasteiger partial charge < -0.3 is 9.64 Å². The lowest BCUT2D eigenvalue weighted by Gasteiger charge is -2.25. The molecule has 6 nitrogen and oxygen atoms in total. The Balaban J connectivity index is 1.46. The molecule has 1 aliphatic heterocycles. The van der Waals surface area contributed by atoms with Gasteiger partial charge >= 0.3 is 0 Å². The Morgan fingerprint density at radius 1 is 1.25 bits per heavy atom. The van der Waals surface area contributed by atoms with Crippen LogP contribution >= 0.6 is 11.8 Å². The molecule has 1 aliphatic rings. The van der Waals surface area contributed by atoms with Crippen molar-refractivity contribution in [2.45, 2.75) is 44.5 Å². The smallest absolute Gasteiger partial charge is 0.233 e. The number of aromatic nitrogens is 3. The van der Waals surface area contributed by atoms with Crippen molar-refractivity contribution in [3.8, 4) is 5.69 Å². The Hall–Kier alpha value is -2.71. The number of hydrogen-bond donors (Lipinski definition) is 0. The molecule has 2 aromatic carbocycles. The molecule has 4 rings (SSSR count). The third kappa shape index (κ3) is 5.55. The van der Waals surface area contributed by atoms with Crippen molar-refractivity contribution in [2.24, 2.45) is 0 Å². The standard InChI is InChI=1S/C24H27FN4O2S/c1-17-8-9-21(11-18(17)2)29-16-26-27-24(29)32-15-23(30)28(14-22-7-4-10-31-22)13-19-5-3-6-20(25)12-19/h3,5-6,8-9,11-12,16,22H,4,7,10,13-15H2,1-2H3. The van der Waals surface area contributed by atoms with E-state index in [2.05, 4.69) is 36.2 Å². The van der Waals surface area contributed by atoms with Gasteiger partial charge in [-0.05, 0) is 67.6 Å². The van der Waals surface area contributed by atoms with Crippen molar-refractivity contribution in [1.82, 2.24) is 19.7 Å². The van der Waals surface area contributed by atoms with Gasteiger partial charge in [-0.3, -0.25) is 9.36 Å². The van der Waals surface area contributed by atoms with E-state index in [1.165, 1.54) is 35.0 Å². The summed E-state index contributed by atoms with van der Waals surface area (Å²) in [5.74, 6) is -0.127. The van der Waals surface area contributed by atoms with Crippen LogP contribution in [0.5, 0.6) is 0 Å². The highest BCUT2D eigenvalue weighted by atomic mass is 32.2. The molecule has 8 heteroatoms. The number of thioether (sulfide) groups is 1. The van der Waals surface area contributed by atoms with E-state index in [1.54, 1.807) is 17.3 Å². The lowest BCUT2D eigenvalue weighted by Crippen LogP contribution is -2.38. The van der Waals surface area contributed by atoms with E-state index in [1.807, 2.05) is 16.7 Å². The van der Waals surface area contributed by atoms with Crippen LogP contribution in [0.25, 0.3) is 5.69 Å². The number of ether oxygens (including phenoxy) is 1. The Kier molecular flexibility index (Phi) is 7.22. The molecule has 1 atom stereocenters. The summed E-state index contributed by atoms with van der Waals surface area (Å²) < 4.78 is 21.3. The minimum absolute atomic E-state index is 0.0247. The van der Waals surface area contributed by atoms with Crippen molar-refractivity contribution >= 4 is 17.7 Å². The quantitative estimate of drug-likeness (QED) is 0.475. The third-order valence-corrected chi connectivity index (χ3v) is 6.60. The van der Waals surface area contributed by atoms with Crippen molar-refractivity contribution in [2.75, 3.05) is 18.9 Å². The van der Waals surface area contributed by atoms with Gasteiger partial charge in [0.25, 0.3) is 0 Å². The normalized spacial score (nSPS) is 15.8. The van der Waals surface area contributed by atoms with E-state index in [9.17, 15) is 9.18 Å². The number of carbonyl (C=O) groups excluding carboxylic acids is 1. The van der Waals surface area contributed by atoms with E-state index >= 15 is 0 Å². The topological polar surface area (TPSA) is 60.2 Å². The third-order valence-electron chi connectivity index (χ3n) is 5.67. The summed E-state index contributed by atoms with van der Waals surface area (Å²) in [6.07, 6.45) is 3.62. The zero-order valence-electron chi connectivity index (χ0n) is 18.3. The molecule has 1 unspecified atom stereocenters. The van der Waals surface area contributed by atoms with Crippen LogP contribution in [0.2, 0.25) is 0 Å². The molecular formula is C24H27FN4O2S. The molecule has 168 valence electrons. The number of rotatable bonds is 8. The molecule has 0 N–H and O–H groups in total. The van der Waals surface area contributed by atoms with E-state index in [0.29, 0.717) is 18.2 Å². The fourth-order valence-electron chi connectivity index (χ4n) is 3.74. The minimum atomic E-state index is -0.303. The molecule has 1 aromatic heterocycles. The summed E-state index contributed by atoms with van der Waals surface area (Å²) in [6, 6.07) is 12.5. The van der Waals surface area contributed by atoms with Crippen molar-refractivity contribution in [3.05, 3.63) is 71.3 Å². The number of nitrogens with zero attached hydrogens (tertiary/aromatic N) is 4. The van der Waals surface area contributed by atoms with Crippen molar-refractivity contribution in [3.63, 3.8) is 0 Å². The highest BCUT2D eigenvalue weighted by Gasteiger charge is 2.23.